The summed E-state index contributed by atoms with van der Waals surface area (Å²) in [6.07, 6.45) is 4.72. The van der Waals surface area contributed by atoms with Gasteiger partial charge in [-0.3, -0.25) is 9.52 Å². The molecule has 0 spiro atoms. The first-order valence-corrected chi connectivity index (χ1v) is 7.78. The molecule has 0 aliphatic heterocycles. The summed E-state index contributed by atoms with van der Waals surface area (Å²) in [4.78, 5) is 11.9. The molecule has 5 nitrogen and oxygen atoms in total. The highest BCUT2D eigenvalue weighted by atomic mass is 32.2. The molecule has 1 amide bonds. The Bertz CT molecular complexity index is 482. The lowest BCUT2D eigenvalue weighted by Crippen LogP contribution is -2.49. The molecule has 0 heterocycles. The molecule has 18 heavy (non-hydrogen) atoms. The van der Waals surface area contributed by atoms with E-state index in [0.717, 1.165) is 6.42 Å². The number of nitrogens with two attached hydrogens (primary N) is 1. The van der Waals surface area contributed by atoms with Crippen molar-refractivity contribution in [1.29, 1.82) is 0 Å². The molecule has 3 N–H and O–H groups in total. The number of carbonyl (C=O) groups excluding carboxylic acids is 1. The van der Waals surface area contributed by atoms with Gasteiger partial charge in [-0.25, -0.2) is 8.42 Å². The van der Waals surface area contributed by atoms with E-state index in [0.29, 0.717) is 25.7 Å². The van der Waals surface area contributed by atoms with Crippen molar-refractivity contribution in [2.75, 3.05) is 0 Å². The van der Waals surface area contributed by atoms with Gasteiger partial charge < -0.3 is 5.73 Å². The summed E-state index contributed by atoms with van der Waals surface area (Å²) >= 11 is 0. The monoisotopic (exact) mass is 272 g/mol. The summed E-state index contributed by atoms with van der Waals surface area (Å²) in [7, 11) is -3.60. The fourth-order valence-electron chi connectivity index (χ4n) is 2.43. The molecule has 0 radical (unpaired) electrons. The molecule has 102 valence electrons. The Balaban J connectivity index is 2.06. The average Bonchev–Trinajstić information content (AvgIpc) is 3.15. The van der Waals surface area contributed by atoms with Crippen molar-refractivity contribution in [2.24, 2.45) is 11.7 Å². The van der Waals surface area contributed by atoms with Gasteiger partial charge in [0, 0.05) is 5.92 Å². The van der Waals surface area contributed by atoms with Gasteiger partial charge in [0.05, 0.1) is 4.75 Å². The molecular formula is C12H20N2O3S. The maximum atomic E-state index is 12.2. The van der Waals surface area contributed by atoms with E-state index < -0.39 is 26.2 Å². The van der Waals surface area contributed by atoms with Gasteiger partial charge in [-0.2, -0.15) is 0 Å². The predicted molar refractivity (Wildman–Crippen MR) is 69.2 cm³/mol. The molecule has 2 saturated carbocycles. The van der Waals surface area contributed by atoms with Crippen molar-refractivity contribution in [3.05, 3.63) is 12.7 Å². The molecule has 2 fully saturated rings. The minimum atomic E-state index is -3.60. The highest BCUT2D eigenvalue weighted by Crippen LogP contribution is 2.48. The highest BCUT2D eigenvalue weighted by molar-refractivity contribution is 7.91. The van der Waals surface area contributed by atoms with Gasteiger partial charge in [-0.15, -0.1) is 6.58 Å². The van der Waals surface area contributed by atoms with E-state index in [-0.39, 0.29) is 5.92 Å². The second-order valence-corrected chi connectivity index (χ2v) is 7.53. The molecule has 2 aliphatic rings. The lowest BCUT2D eigenvalue weighted by atomic mass is 10.2. The molecule has 2 atom stereocenters. The van der Waals surface area contributed by atoms with Crippen molar-refractivity contribution in [3.63, 3.8) is 0 Å². The van der Waals surface area contributed by atoms with Crippen LogP contribution >= 0.6 is 0 Å². The molecule has 6 heteroatoms. The van der Waals surface area contributed by atoms with E-state index in [4.69, 9.17) is 5.73 Å². The van der Waals surface area contributed by atoms with Crippen LogP contribution < -0.4 is 10.5 Å². The molecule has 0 aromatic rings. The standard InChI is InChI=1S/C12H20N2O3S/c1-3-5-11(6-7-11)18(16,17)14-10(15)12(13)8-9(12)4-2/h4,9H,2-3,5-8,13H2,1H3,(H,14,15)/t9?,12-/m1/s1. The molecule has 2 aliphatic carbocycles. The molecule has 0 saturated heterocycles. The number of nitrogens with one attached hydrogen (secondary N) is 1. The Morgan fingerprint density at radius 2 is 2.17 bits per heavy atom. The van der Waals surface area contributed by atoms with Crippen LogP contribution in [0.3, 0.4) is 0 Å². The molecule has 1 unspecified atom stereocenters. The van der Waals surface area contributed by atoms with Gasteiger partial charge in [-0.05, 0) is 25.7 Å². The summed E-state index contributed by atoms with van der Waals surface area (Å²) in [6.45, 7) is 5.52. The van der Waals surface area contributed by atoms with E-state index in [9.17, 15) is 13.2 Å². The largest absolute Gasteiger partial charge is 0.317 e. The first-order valence-electron chi connectivity index (χ1n) is 6.29. The normalized spacial score (nSPS) is 32.7. The maximum Gasteiger partial charge on any atom is 0.254 e. The van der Waals surface area contributed by atoms with Crippen LogP contribution in [0.15, 0.2) is 12.7 Å². The number of amides is 1. The fraction of sp³-hybridized carbons (Fsp3) is 0.750. The lowest BCUT2D eigenvalue weighted by molar-refractivity contribution is -0.121. The Hall–Kier alpha value is -0.880. The van der Waals surface area contributed by atoms with Crippen LogP contribution in [-0.4, -0.2) is 24.6 Å². The minimum Gasteiger partial charge on any atom is -0.317 e. The summed E-state index contributed by atoms with van der Waals surface area (Å²) in [5, 5.41) is 0. The van der Waals surface area contributed by atoms with Crippen LogP contribution in [0.25, 0.3) is 0 Å². The van der Waals surface area contributed by atoms with Crippen LogP contribution in [0, 0.1) is 5.92 Å². The van der Waals surface area contributed by atoms with Crippen molar-refractivity contribution in [1.82, 2.24) is 4.72 Å². The van der Waals surface area contributed by atoms with E-state index in [2.05, 4.69) is 11.3 Å². The molecular weight excluding hydrogens is 252 g/mol. The zero-order chi connectivity index (χ0) is 13.6. The van der Waals surface area contributed by atoms with Gasteiger partial charge in [0.15, 0.2) is 0 Å². The molecule has 2 rings (SSSR count). The van der Waals surface area contributed by atoms with Gasteiger partial charge >= 0.3 is 0 Å². The second kappa shape index (κ2) is 4.06. The molecule has 0 aromatic heterocycles. The van der Waals surface area contributed by atoms with Gasteiger partial charge in [0.25, 0.3) is 5.91 Å². The Morgan fingerprint density at radius 3 is 2.56 bits per heavy atom. The van der Waals surface area contributed by atoms with E-state index in [1.807, 2.05) is 6.92 Å². The number of sulfonamides is 1. The average molecular weight is 272 g/mol. The van der Waals surface area contributed by atoms with Crippen molar-refractivity contribution < 1.29 is 13.2 Å². The van der Waals surface area contributed by atoms with Crippen molar-refractivity contribution in [3.8, 4) is 0 Å². The Morgan fingerprint density at radius 1 is 1.56 bits per heavy atom. The third kappa shape index (κ3) is 1.97. The highest BCUT2D eigenvalue weighted by Gasteiger charge is 2.59. The topological polar surface area (TPSA) is 89.3 Å². The molecule has 0 bridgehead atoms. The number of hydrogen-bond donors (Lipinski definition) is 2. The van der Waals surface area contributed by atoms with Crippen molar-refractivity contribution in [2.45, 2.75) is 49.3 Å². The Labute approximate surface area is 108 Å². The number of rotatable bonds is 6. The smallest absolute Gasteiger partial charge is 0.254 e. The van der Waals surface area contributed by atoms with Crippen molar-refractivity contribution >= 4 is 15.9 Å². The maximum absolute atomic E-state index is 12.2. The number of carbonyl (C=O) groups is 1. The minimum absolute atomic E-state index is 0.117. The second-order valence-electron chi connectivity index (χ2n) is 5.45. The third-order valence-corrected chi connectivity index (χ3v) is 6.28. The van der Waals surface area contributed by atoms with Crippen LogP contribution in [0.5, 0.6) is 0 Å². The zero-order valence-corrected chi connectivity index (χ0v) is 11.4. The predicted octanol–water partition coefficient (Wildman–Crippen LogP) is 0.668. The quantitative estimate of drug-likeness (QED) is 0.695. The van der Waals surface area contributed by atoms with E-state index in [1.54, 1.807) is 6.08 Å². The first kappa shape index (κ1) is 13.5. The summed E-state index contributed by atoms with van der Waals surface area (Å²) in [5.74, 6) is -0.705. The third-order valence-electron chi connectivity index (χ3n) is 4.08. The van der Waals surface area contributed by atoms with Crippen LogP contribution in [0.4, 0.5) is 0 Å². The summed E-state index contributed by atoms with van der Waals surface area (Å²) in [6, 6.07) is 0. The summed E-state index contributed by atoms with van der Waals surface area (Å²) < 4.78 is 25.8. The number of hydrogen-bond acceptors (Lipinski definition) is 4. The summed E-state index contributed by atoms with van der Waals surface area (Å²) in [5.41, 5.74) is 4.77. The fourth-order valence-corrected chi connectivity index (χ4v) is 4.20. The van der Waals surface area contributed by atoms with Crippen LogP contribution in [-0.2, 0) is 14.8 Å². The van der Waals surface area contributed by atoms with E-state index >= 15 is 0 Å². The molecule has 0 aromatic carbocycles. The Kier molecular flexibility index (Phi) is 3.06. The van der Waals surface area contributed by atoms with Crippen LogP contribution in [0.2, 0.25) is 0 Å². The zero-order valence-electron chi connectivity index (χ0n) is 10.6. The lowest BCUT2D eigenvalue weighted by Gasteiger charge is -2.18. The van der Waals surface area contributed by atoms with Gasteiger partial charge in [0.1, 0.15) is 5.54 Å². The van der Waals surface area contributed by atoms with Gasteiger partial charge in [0.2, 0.25) is 10.0 Å². The van der Waals surface area contributed by atoms with Crippen LogP contribution in [0.1, 0.15) is 39.0 Å². The SMILES string of the molecule is C=CC1C[C@]1(N)C(=O)NS(=O)(=O)C1(CCC)CC1. The van der Waals surface area contributed by atoms with Gasteiger partial charge in [-0.1, -0.05) is 19.4 Å². The van der Waals surface area contributed by atoms with E-state index in [1.165, 1.54) is 0 Å². The first-order chi connectivity index (χ1) is 8.31.